The standard InChI is InChI=1S/C11H17N3O3S/c1-8(12)11(15)14-7-6-9-2-4-10(5-3-9)18(13,16)17/h2-5,8H,6-7,12H2,1H3,(H,14,15)(H2,13,16,17)/t8-/m0/s1. The minimum Gasteiger partial charge on any atom is -0.354 e. The van der Waals surface area contributed by atoms with Crippen LogP contribution in [0, 0.1) is 0 Å². The Kier molecular flexibility index (Phi) is 4.83. The normalized spacial score (nSPS) is 13.1. The van der Waals surface area contributed by atoms with Gasteiger partial charge >= 0.3 is 0 Å². The fourth-order valence-electron chi connectivity index (χ4n) is 1.34. The van der Waals surface area contributed by atoms with Crippen LogP contribution in [0.3, 0.4) is 0 Å². The lowest BCUT2D eigenvalue weighted by Gasteiger charge is -2.07. The largest absolute Gasteiger partial charge is 0.354 e. The van der Waals surface area contributed by atoms with Crippen molar-refractivity contribution in [2.75, 3.05) is 6.54 Å². The number of hydrogen-bond acceptors (Lipinski definition) is 4. The van der Waals surface area contributed by atoms with Crippen LogP contribution < -0.4 is 16.2 Å². The average molecular weight is 271 g/mol. The monoisotopic (exact) mass is 271 g/mol. The summed E-state index contributed by atoms with van der Waals surface area (Å²) in [5.41, 5.74) is 6.30. The van der Waals surface area contributed by atoms with E-state index in [2.05, 4.69) is 5.32 Å². The molecule has 1 aromatic carbocycles. The summed E-state index contributed by atoms with van der Waals surface area (Å²) in [5.74, 6) is -0.212. The Labute approximate surface area is 106 Å². The van der Waals surface area contributed by atoms with Crippen LogP contribution in [0.2, 0.25) is 0 Å². The molecule has 1 rings (SSSR count). The molecule has 0 aliphatic heterocycles. The predicted molar refractivity (Wildman–Crippen MR) is 68.2 cm³/mol. The van der Waals surface area contributed by atoms with Crippen LogP contribution in [0.4, 0.5) is 0 Å². The van der Waals surface area contributed by atoms with Crippen molar-refractivity contribution < 1.29 is 13.2 Å². The fourth-order valence-corrected chi connectivity index (χ4v) is 1.85. The molecule has 0 heterocycles. The molecule has 0 unspecified atom stereocenters. The Morgan fingerprint density at radius 3 is 2.33 bits per heavy atom. The van der Waals surface area contributed by atoms with Gasteiger partial charge in [0.05, 0.1) is 10.9 Å². The summed E-state index contributed by atoms with van der Waals surface area (Å²) in [4.78, 5) is 11.3. The van der Waals surface area contributed by atoms with Crippen LogP contribution in [0.25, 0.3) is 0 Å². The highest BCUT2D eigenvalue weighted by molar-refractivity contribution is 7.89. The summed E-state index contributed by atoms with van der Waals surface area (Å²) in [6.45, 7) is 2.06. The lowest BCUT2D eigenvalue weighted by atomic mass is 10.1. The molecule has 0 saturated carbocycles. The molecule has 0 saturated heterocycles. The molecule has 0 spiro atoms. The first kappa shape index (κ1) is 14.6. The number of carbonyl (C=O) groups excluding carboxylic acids is 1. The molecule has 0 radical (unpaired) electrons. The number of rotatable bonds is 5. The Hall–Kier alpha value is -1.44. The number of sulfonamides is 1. The first-order valence-corrected chi connectivity index (χ1v) is 7.00. The molecular formula is C11H17N3O3S. The van der Waals surface area contributed by atoms with Gasteiger partial charge in [-0.05, 0) is 31.0 Å². The first-order chi connectivity index (χ1) is 8.30. The third-order valence-corrected chi connectivity index (χ3v) is 3.31. The van der Waals surface area contributed by atoms with Crippen LogP contribution in [0.1, 0.15) is 12.5 Å². The summed E-state index contributed by atoms with van der Waals surface area (Å²) in [7, 11) is -3.65. The van der Waals surface area contributed by atoms with Gasteiger partial charge < -0.3 is 11.1 Å². The summed E-state index contributed by atoms with van der Waals surface area (Å²) < 4.78 is 22.1. The third-order valence-electron chi connectivity index (χ3n) is 2.38. The number of nitrogens with one attached hydrogen (secondary N) is 1. The lowest BCUT2D eigenvalue weighted by molar-refractivity contribution is -0.121. The highest BCUT2D eigenvalue weighted by Gasteiger charge is 2.08. The molecule has 1 aromatic rings. The van der Waals surface area contributed by atoms with Gasteiger partial charge in [-0.15, -0.1) is 0 Å². The molecule has 100 valence electrons. The molecule has 0 aliphatic carbocycles. The molecule has 0 bridgehead atoms. The molecule has 0 aliphatic rings. The fraction of sp³-hybridized carbons (Fsp3) is 0.364. The number of carbonyl (C=O) groups is 1. The highest BCUT2D eigenvalue weighted by Crippen LogP contribution is 2.08. The van der Waals surface area contributed by atoms with Crippen molar-refractivity contribution in [3.8, 4) is 0 Å². The van der Waals surface area contributed by atoms with Crippen molar-refractivity contribution in [3.05, 3.63) is 29.8 Å². The van der Waals surface area contributed by atoms with E-state index in [1.54, 1.807) is 19.1 Å². The molecule has 1 atom stereocenters. The number of primary sulfonamides is 1. The minimum absolute atomic E-state index is 0.0749. The highest BCUT2D eigenvalue weighted by atomic mass is 32.2. The molecule has 7 heteroatoms. The maximum Gasteiger partial charge on any atom is 0.238 e. The van der Waals surface area contributed by atoms with Crippen molar-refractivity contribution >= 4 is 15.9 Å². The maximum absolute atomic E-state index is 11.2. The lowest BCUT2D eigenvalue weighted by Crippen LogP contribution is -2.39. The SMILES string of the molecule is C[C@H](N)C(=O)NCCc1ccc(S(N)(=O)=O)cc1. The second kappa shape index (κ2) is 5.94. The van der Waals surface area contributed by atoms with Gasteiger partial charge in [0.1, 0.15) is 0 Å². The van der Waals surface area contributed by atoms with Crippen LogP contribution in [-0.4, -0.2) is 26.9 Å². The zero-order valence-corrected chi connectivity index (χ0v) is 10.9. The quantitative estimate of drug-likeness (QED) is 0.659. The van der Waals surface area contributed by atoms with E-state index in [1.165, 1.54) is 12.1 Å². The van der Waals surface area contributed by atoms with Crippen LogP contribution in [0.5, 0.6) is 0 Å². The molecule has 6 nitrogen and oxygen atoms in total. The van der Waals surface area contributed by atoms with Crippen LogP contribution in [-0.2, 0) is 21.2 Å². The molecule has 5 N–H and O–H groups in total. The second-order valence-electron chi connectivity index (χ2n) is 4.02. The van der Waals surface area contributed by atoms with Gasteiger partial charge in [0.2, 0.25) is 15.9 Å². The van der Waals surface area contributed by atoms with E-state index in [9.17, 15) is 13.2 Å². The van der Waals surface area contributed by atoms with E-state index in [0.717, 1.165) is 5.56 Å². The van der Waals surface area contributed by atoms with Crippen molar-refractivity contribution in [2.24, 2.45) is 10.9 Å². The second-order valence-corrected chi connectivity index (χ2v) is 5.58. The van der Waals surface area contributed by atoms with Gasteiger partial charge in [-0.1, -0.05) is 12.1 Å². The van der Waals surface area contributed by atoms with Crippen molar-refractivity contribution in [3.63, 3.8) is 0 Å². The predicted octanol–water partition coefficient (Wildman–Crippen LogP) is -0.660. The summed E-state index contributed by atoms with van der Waals surface area (Å²) in [6.07, 6.45) is 0.601. The Morgan fingerprint density at radius 1 is 1.33 bits per heavy atom. The molecule has 1 amide bonds. The topological polar surface area (TPSA) is 115 Å². The Bertz CT molecular complexity index is 509. The van der Waals surface area contributed by atoms with Gasteiger partial charge in [0.15, 0.2) is 0 Å². The summed E-state index contributed by atoms with van der Waals surface area (Å²) >= 11 is 0. The minimum atomic E-state index is -3.65. The van der Waals surface area contributed by atoms with Crippen molar-refractivity contribution in [1.82, 2.24) is 5.32 Å². The molecule has 0 fully saturated rings. The van der Waals surface area contributed by atoms with E-state index < -0.39 is 16.1 Å². The smallest absolute Gasteiger partial charge is 0.238 e. The van der Waals surface area contributed by atoms with Crippen molar-refractivity contribution in [1.29, 1.82) is 0 Å². The van der Waals surface area contributed by atoms with E-state index in [-0.39, 0.29) is 10.8 Å². The molecular weight excluding hydrogens is 254 g/mol. The third kappa shape index (κ3) is 4.44. The number of hydrogen-bond donors (Lipinski definition) is 3. The van der Waals surface area contributed by atoms with E-state index in [1.807, 2.05) is 0 Å². The summed E-state index contributed by atoms with van der Waals surface area (Å²) in [5, 5.41) is 7.65. The van der Waals surface area contributed by atoms with Gasteiger partial charge in [0.25, 0.3) is 0 Å². The van der Waals surface area contributed by atoms with E-state index in [0.29, 0.717) is 13.0 Å². The number of amides is 1. The van der Waals surface area contributed by atoms with E-state index >= 15 is 0 Å². The Balaban J connectivity index is 2.53. The van der Waals surface area contributed by atoms with Gasteiger partial charge in [-0.2, -0.15) is 0 Å². The Morgan fingerprint density at radius 2 is 1.89 bits per heavy atom. The molecule has 18 heavy (non-hydrogen) atoms. The zero-order chi connectivity index (χ0) is 13.8. The van der Waals surface area contributed by atoms with Gasteiger partial charge in [-0.3, -0.25) is 4.79 Å². The number of nitrogens with two attached hydrogens (primary N) is 2. The van der Waals surface area contributed by atoms with Gasteiger partial charge in [0, 0.05) is 6.54 Å². The van der Waals surface area contributed by atoms with Crippen LogP contribution >= 0.6 is 0 Å². The molecule has 0 aromatic heterocycles. The van der Waals surface area contributed by atoms with Crippen molar-refractivity contribution in [2.45, 2.75) is 24.3 Å². The van der Waals surface area contributed by atoms with Gasteiger partial charge in [-0.25, -0.2) is 13.6 Å². The number of benzene rings is 1. The van der Waals surface area contributed by atoms with Crippen LogP contribution in [0.15, 0.2) is 29.2 Å². The van der Waals surface area contributed by atoms with E-state index in [4.69, 9.17) is 10.9 Å². The zero-order valence-electron chi connectivity index (χ0n) is 10.1. The average Bonchev–Trinajstić information content (AvgIpc) is 2.28. The first-order valence-electron chi connectivity index (χ1n) is 5.46. The summed E-state index contributed by atoms with van der Waals surface area (Å²) in [6, 6.07) is 5.68. The maximum atomic E-state index is 11.2.